The highest BCUT2D eigenvalue weighted by Gasteiger charge is 2.07. The monoisotopic (exact) mass is 411 g/mol. The number of nitrogens with one attached hydrogen (secondary N) is 1. The fraction of sp³-hybridized carbons (Fsp3) is 0.125. The van der Waals surface area contributed by atoms with Gasteiger partial charge in [-0.15, -0.1) is 0 Å². The standard InChI is InChI=1S/C24H21N5O2/c1-26-24-21-13-28-23(25)11-20(21)18(12-29-24)6-5-17-9-10-27-14-22(17)31-15-16-3-7-19(30-2)8-4-16/h3-4,7-14H,15H2,1-2H3,(H2,25,28)(H,26,29). The molecule has 0 atom stereocenters. The van der Waals surface area contributed by atoms with E-state index in [9.17, 15) is 0 Å². The summed E-state index contributed by atoms with van der Waals surface area (Å²) in [5.41, 5.74) is 8.39. The van der Waals surface area contributed by atoms with Crippen LogP contribution in [-0.4, -0.2) is 29.1 Å². The molecule has 0 aliphatic heterocycles. The second-order valence-electron chi connectivity index (χ2n) is 6.68. The van der Waals surface area contributed by atoms with Crippen molar-refractivity contribution in [2.24, 2.45) is 0 Å². The topological polar surface area (TPSA) is 95.2 Å². The average molecular weight is 411 g/mol. The minimum atomic E-state index is 0.397. The van der Waals surface area contributed by atoms with Gasteiger partial charge in [0.05, 0.1) is 24.4 Å². The number of ether oxygens (including phenoxy) is 2. The van der Waals surface area contributed by atoms with Crippen LogP contribution in [0.4, 0.5) is 11.6 Å². The van der Waals surface area contributed by atoms with Crippen LogP contribution in [0.25, 0.3) is 10.8 Å². The van der Waals surface area contributed by atoms with E-state index in [1.54, 1.807) is 38.0 Å². The highest BCUT2D eigenvalue weighted by atomic mass is 16.5. The van der Waals surface area contributed by atoms with Gasteiger partial charge in [-0.2, -0.15) is 0 Å². The van der Waals surface area contributed by atoms with Crippen LogP contribution >= 0.6 is 0 Å². The van der Waals surface area contributed by atoms with E-state index >= 15 is 0 Å². The van der Waals surface area contributed by atoms with E-state index in [0.717, 1.165) is 39.0 Å². The van der Waals surface area contributed by atoms with Crippen molar-refractivity contribution in [3.63, 3.8) is 0 Å². The van der Waals surface area contributed by atoms with E-state index in [4.69, 9.17) is 15.2 Å². The Hall–Kier alpha value is -4.31. The molecule has 154 valence electrons. The molecule has 1 aromatic carbocycles. The second kappa shape index (κ2) is 9.01. The van der Waals surface area contributed by atoms with E-state index in [0.29, 0.717) is 18.2 Å². The van der Waals surface area contributed by atoms with Crippen LogP contribution in [0.2, 0.25) is 0 Å². The van der Waals surface area contributed by atoms with E-state index < -0.39 is 0 Å². The first-order valence-corrected chi connectivity index (χ1v) is 9.61. The lowest BCUT2D eigenvalue weighted by Crippen LogP contribution is -1.98. The Labute approximate surface area is 180 Å². The molecule has 4 rings (SSSR count). The highest BCUT2D eigenvalue weighted by Crippen LogP contribution is 2.25. The fourth-order valence-corrected chi connectivity index (χ4v) is 3.07. The fourth-order valence-electron chi connectivity index (χ4n) is 3.07. The summed E-state index contributed by atoms with van der Waals surface area (Å²) in [7, 11) is 3.45. The number of aromatic nitrogens is 3. The molecule has 0 saturated heterocycles. The minimum absolute atomic E-state index is 0.397. The van der Waals surface area contributed by atoms with Crippen molar-refractivity contribution in [2.45, 2.75) is 6.61 Å². The molecule has 7 nitrogen and oxygen atoms in total. The SMILES string of the molecule is CNc1ncc(C#Cc2ccncc2OCc2ccc(OC)cc2)c2cc(N)ncc12. The summed E-state index contributed by atoms with van der Waals surface area (Å²) in [5.74, 6) is 8.93. The predicted octanol–water partition coefficient (Wildman–Crippen LogP) is 3.64. The number of hydrogen-bond donors (Lipinski definition) is 2. The molecule has 0 amide bonds. The summed E-state index contributed by atoms with van der Waals surface area (Å²) in [4.78, 5) is 12.8. The average Bonchev–Trinajstić information content (AvgIpc) is 2.82. The van der Waals surface area contributed by atoms with Gasteiger partial charge < -0.3 is 20.5 Å². The summed E-state index contributed by atoms with van der Waals surface area (Å²) in [5, 5.41) is 4.80. The number of hydrogen-bond acceptors (Lipinski definition) is 7. The number of nitrogen functional groups attached to an aromatic ring is 1. The quantitative estimate of drug-likeness (QED) is 0.484. The number of methoxy groups -OCH3 is 1. The van der Waals surface area contributed by atoms with Gasteiger partial charge in [-0.1, -0.05) is 24.0 Å². The Kier molecular flexibility index (Phi) is 5.81. The maximum Gasteiger partial charge on any atom is 0.153 e. The molecule has 0 fully saturated rings. The molecule has 4 aromatic rings. The van der Waals surface area contributed by atoms with Crippen LogP contribution in [0.3, 0.4) is 0 Å². The van der Waals surface area contributed by atoms with Crippen molar-refractivity contribution >= 4 is 22.4 Å². The molecular weight excluding hydrogens is 390 g/mol. The molecule has 31 heavy (non-hydrogen) atoms. The van der Waals surface area contributed by atoms with Crippen LogP contribution in [0.5, 0.6) is 11.5 Å². The molecule has 0 aliphatic rings. The maximum atomic E-state index is 5.97. The first-order chi connectivity index (χ1) is 15.2. The zero-order chi connectivity index (χ0) is 21.6. The molecule has 0 radical (unpaired) electrons. The summed E-state index contributed by atoms with van der Waals surface area (Å²) >= 11 is 0. The van der Waals surface area contributed by atoms with Crippen LogP contribution in [0.15, 0.2) is 61.2 Å². The molecule has 0 saturated carbocycles. The number of fused-ring (bicyclic) bond motifs is 1. The van der Waals surface area contributed by atoms with Gasteiger partial charge in [0.1, 0.15) is 24.0 Å². The van der Waals surface area contributed by atoms with Gasteiger partial charge >= 0.3 is 0 Å². The summed E-state index contributed by atoms with van der Waals surface area (Å²) in [6.07, 6.45) is 6.77. The Bertz CT molecular complexity index is 1280. The number of nitrogens with zero attached hydrogens (tertiary/aromatic N) is 3. The summed E-state index contributed by atoms with van der Waals surface area (Å²) in [6, 6.07) is 11.3. The van der Waals surface area contributed by atoms with Crippen molar-refractivity contribution in [1.29, 1.82) is 0 Å². The van der Waals surface area contributed by atoms with Crippen LogP contribution in [0.1, 0.15) is 16.7 Å². The number of rotatable bonds is 5. The molecule has 3 N–H and O–H groups in total. The van der Waals surface area contributed by atoms with Crippen molar-refractivity contribution in [2.75, 3.05) is 25.2 Å². The Morgan fingerprint density at radius 3 is 2.55 bits per heavy atom. The van der Waals surface area contributed by atoms with Crippen LogP contribution in [-0.2, 0) is 6.61 Å². The van der Waals surface area contributed by atoms with Crippen LogP contribution < -0.4 is 20.5 Å². The lowest BCUT2D eigenvalue weighted by Gasteiger charge is -2.09. The lowest BCUT2D eigenvalue weighted by molar-refractivity contribution is 0.304. The molecule has 3 aromatic heterocycles. The van der Waals surface area contributed by atoms with Gasteiger partial charge in [0.15, 0.2) is 5.75 Å². The Balaban J connectivity index is 1.62. The molecular formula is C24H21N5O2. The Morgan fingerprint density at radius 1 is 0.968 bits per heavy atom. The number of nitrogens with two attached hydrogens (primary N) is 1. The van der Waals surface area contributed by atoms with Crippen LogP contribution in [0, 0.1) is 11.8 Å². The van der Waals surface area contributed by atoms with Crippen molar-refractivity contribution in [3.8, 4) is 23.3 Å². The molecule has 0 spiro atoms. The highest BCUT2D eigenvalue weighted by molar-refractivity contribution is 5.96. The molecule has 7 heteroatoms. The first kappa shape index (κ1) is 20.0. The predicted molar refractivity (Wildman–Crippen MR) is 121 cm³/mol. The van der Waals surface area contributed by atoms with Crippen molar-refractivity contribution in [1.82, 2.24) is 15.0 Å². The zero-order valence-corrected chi connectivity index (χ0v) is 17.2. The van der Waals surface area contributed by atoms with Gasteiger partial charge in [-0.25, -0.2) is 9.97 Å². The third-order valence-electron chi connectivity index (χ3n) is 4.70. The maximum absolute atomic E-state index is 5.97. The van der Waals surface area contributed by atoms with Gasteiger partial charge in [0, 0.05) is 36.4 Å². The lowest BCUT2D eigenvalue weighted by atomic mass is 10.1. The number of pyridine rings is 3. The molecule has 0 bridgehead atoms. The second-order valence-corrected chi connectivity index (χ2v) is 6.68. The van der Waals surface area contributed by atoms with E-state index in [1.807, 2.05) is 37.4 Å². The molecule has 3 heterocycles. The smallest absolute Gasteiger partial charge is 0.153 e. The normalized spacial score (nSPS) is 10.3. The number of benzene rings is 1. The largest absolute Gasteiger partial charge is 0.497 e. The zero-order valence-electron chi connectivity index (χ0n) is 17.2. The van der Waals surface area contributed by atoms with Gasteiger partial charge in [-0.3, -0.25) is 4.98 Å². The summed E-state index contributed by atoms with van der Waals surface area (Å²) in [6.45, 7) is 0.397. The minimum Gasteiger partial charge on any atom is -0.497 e. The van der Waals surface area contributed by atoms with E-state index in [-0.39, 0.29) is 0 Å². The first-order valence-electron chi connectivity index (χ1n) is 9.61. The van der Waals surface area contributed by atoms with Crippen molar-refractivity contribution in [3.05, 3.63) is 77.9 Å². The van der Waals surface area contributed by atoms with E-state index in [1.165, 1.54) is 0 Å². The van der Waals surface area contributed by atoms with Gasteiger partial charge in [0.2, 0.25) is 0 Å². The number of anilines is 2. The third kappa shape index (κ3) is 4.49. The van der Waals surface area contributed by atoms with E-state index in [2.05, 4.69) is 32.1 Å². The molecule has 0 unspecified atom stereocenters. The van der Waals surface area contributed by atoms with Gasteiger partial charge in [0.25, 0.3) is 0 Å². The third-order valence-corrected chi connectivity index (χ3v) is 4.70. The summed E-state index contributed by atoms with van der Waals surface area (Å²) < 4.78 is 11.2. The van der Waals surface area contributed by atoms with Gasteiger partial charge in [-0.05, 0) is 29.8 Å². The van der Waals surface area contributed by atoms with Crippen molar-refractivity contribution < 1.29 is 9.47 Å². The Morgan fingerprint density at radius 2 is 1.77 bits per heavy atom. The molecule has 0 aliphatic carbocycles.